The van der Waals surface area contributed by atoms with Gasteiger partial charge in [-0.15, -0.1) is 0 Å². The number of carbonyl (C=O) groups excluding carboxylic acids is 2. The van der Waals surface area contributed by atoms with Crippen LogP contribution in [0.25, 0.3) is 0 Å². The number of esters is 1. The van der Waals surface area contributed by atoms with E-state index in [0.29, 0.717) is 24.3 Å². The van der Waals surface area contributed by atoms with Gasteiger partial charge >= 0.3 is 5.97 Å². The molecule has 1 N–H and O–H groups in total. The van der Waals surface area contributed by atoms with Crippen LogP contribution in [0.15, 0.2) is 48.5 Å². The number of carbonyl (C=O) groups is 2. The predicted molar refractivity (Wildman–Crippen MR) is 86.4 cm³/mol. The molecule has 0 aliphatic heterocycles. The average molecular weight is 331 g/mol. The van der Waals surface area contributed by atoms with Gasteiger partial charge in [-0.2, -0.15) is 0 Å². The van der Waals surface area contributed by atoms with Gasteiger partial charge in [0.05, 0.1) is 12.7 Å². The van der Waals surface area contributed by atoms with Crippen molar-refractivity contribution >= 4 is 11.9 Å². The van der Waals surface area contributed by atoms with Crippen LogP contribution >= 0.6 is 0 Å². The maximum Gasteiger partial charge on any atom is 0.337 e. The van der Waals surface area contributed by atoms with Gasteiger partial charge in [0.2, 0.25) is 0 Å². The van der Waals surface area contributed by atoms with Gasteiger partial charge in [0.25, 0.3) is 5.91 Å². The Balaban J connectivity index is 1.71. The molecule has 0 saturated heterocycles. The Kier molecular flexibility index (Phi) is 6.31. The first-order valence-electron chi connectivity index (χ1n) is 7.41. The number of benzene rings is 2. The first-order valence-corrected chi connectivity index (χ1v) is 7.41. The normalized spacial score (nSPS) is 10.1. The molecule has 0 spiro atoms. The molecule has 2 aromatic rings. The molecule has 0 fully saturated rings. The highest BCUT2D eigenvalue weighted by Crippen LogP contribution is 2.11. The first kappa shape index (κ1) is 17.5. The summed E-state index contributed by atoms with van der Waals surface area (Å²) in [6, 6.07) is 12.6. The molecule has 0 bridgehead atoms. The van der Waals surface area contributed by atoms with Gasteiger partial charge < -0.3 is 14.8 Å². The quantitative estimate of drug-likeness (QED) is 0.791. The number of rotatable bonds is 7. The molecule has 0 heterocycles. The van der Waals surface area contributed by atoms with E-state index in [-0.39, 0.29) is 18.5 Å². The van der Waals surface area contributed by atoms with E-state index in [1.807, 2.05) is 12.1 Å². The topological polar surface area (TPSA) is 64.6 Å². The fourth-order valence-corrected chi connectivity index (χ4v) is 2.03. The molecule has 0 aliphatic rings. The number of hydrogen-bond donors (Lipinski definition) is 1. The van der Waals surface area contributed by atoms with E-state index >= 15 is 0 Å². The van der Waals surface area contributed by atoms with E-state index in [1.54, 1.807) is 18.2 Å². The Bertz CT molecular complexity index is 700. The summed E-state index contributed by atoms with van der Waals surface area (Å²) in [6.45, 7) is 0.258. The number of hydrogen-bond acceptors (Lipinski definition) is 4. The third kappa shape index (κ3) is 5.39. The fraction of sp³-hybridized carbons (Fsp3) is 0.222. The lowest BCUT2D eigenvalue weighted by atomic mass is 10.1. The summed E-state index contributed by atoms with van der Waals surface area (Å²) in [6.07, 6.45) is 0.618. The van der Waals surface area contributed by atoms with Crippen LogP contribution in [0.5, 0.6) is 5.75 Å². The number of methoxy groups -OCH3 is 1. The van der Waals surface area contributed by atoms with Crippen molar-refractivity contribution < 1.29 is 23.5 Å². The van der Waals surface area contributed by atoms with Gasteiger partial charge in [0.15, 0.2) is 6.61 Å². The van der Waals surface area contributed by atoms with Gasteiger partial charge in [0.1, 0.15) is 11.6 Å². The molecule has 0 radical (unpaired) electrons. The van der Waals surface area contributed by atoms with Gasteiger partial charge in [-0.25, -0.2) is 9.18 Å². The zero-order chi connectivity index (χ0) is 17.4. The van der Waals surface area contributed by atoms with Crippen molar-refractivity contribution in [2.75, 3.05) is 20.3 Å². The largest absolute Gasteiger partial charge is 0.484 e. The van der Waals surface area contributed by atoms with Gasteiger partial charge in [0, 0.05) is 12.6 Å². The minimum Gasteiger partial charge on any atom is -0.484 e. The predicted octanol–water partition coefficient (Wildman–Crippen LogP) is 2.35. The second kappa shape index (κ2) is 8.67. The highest BCUT2D eigenvalue weighted by molar-refractivity contribution is 5.89. The first-order chi connectivity index (χ1) is 11.6. The summed E-state index contributed by atoms with van der Waals surface area (Å²) in [4.78, 5) is 23.0. The maximum atomic E-state index is 13.0. The third-order valence-corrected chi connectivity index (χ3v) is 3.28. The Labute approximate surface area is 139 Å². The van der Waals surface area contributed by atoms with Crippen molar-refractivity contribution in [1.29, 1.82) is 0 Å². The molecule has 2 rings (SSSR count). The average Bonchev–Trinajstić information content (AvgIpc) is 2.60. The van der Waals surface area contributed by atoms with Crippen LogP contribution in [0, 0.1) is 5.82 Å². The number of ether oxygens (including phenoxy) is 2. The summed E-state index contributed by atoms with van der Waals surface area (Å²) >= 11 is 0. The molecule has 0 aliphatic carbocycles. The molecule has 24 heavy (non-hydrogen) atoms. The standard InChI is InChI=1S/C18H18FNO4/c1-23-18(22)14-7-5-13(6-8-14)9-10-20-17(21)12-24-16-4-2-3-15(19)11-16/h2-8,11H,9-10,12H2,1H3,(H,20,21). The lowest BCUT2D eigenvalue weighted by Crippen LogP contribution is -2.30. The van der Waals surface area contributed by atoms with E-state index in [2.05, 4.69) is 10.1 Å². The maximum absolute atomic E-state index is 13.0. The minimum absolute atomic E-state index is 0.176. The van der Waals surface area contributed by atoms with Gasteiger partial charge in [-0.05, 0) is 36.2 Å². The van der Waals surface area contributed by atoms with Crippen molar-refractivity contribution in [3.05, 3.63) is 65.5 Å². The molecular formula is C18H18FNO4. The molecule has 0 aromatic heterocycles. The van der Waals surface area contributed by atoms with Crippen molar-refractivity contribution in [1.82, 2.24) is 5.32 Å². The summed E-state index contributed by atoms with van der Waals surface area (Å²) in [5.74, 6) is -0.776. The van der Waals surface area contributed by atoms with Gasteiger partial charge in [-0.3, -0.25) is 4.79 Å². The number of nitrogens with one attached hydrogen (secondary N) is 1. The lowest BCUT2D eigenvalue weighted by Gasteiger charge is -2.08. The Hall–Kier alpha value is -2.89. The van der Waals surface area contributed by atoms with Crippen LogP contribution in [-0.4, -0.2) is 32.1 Å². The molecule has 6 heteroatoms. The van der Waals surface area contributed by atoms with E-state index in [9.17, 15) is 14.0 Å². The zero-order valence-electron chi connectivity index (χ0n) is 13.3. The van der Waals surface area contributed by atoms with Crippen molar-refractivity contribution in [3.63, 3.8) is 0 Å². The van der Waals surface area contributed by atoms with Crippen LogP contribution in [0.3, 0.4) is 0 Å². The Morgan fingerprint density at radius 1 is 1.12 bits per heavy atom. The molecule has 0 atom stereocenters. The van der Waals surface area contributed by atoms with E-state index in [1.165, 1.54) is 25.3 Å². The highest BCUT2D eigenvalue weighted by Gasteiger charge is 2.06. The van der Waals surface area contributed by atoms with Crippen LogP contribution in [0.2, 0.25) is 0 Å². The van der Waals surface area contributed by atoms with Crippen LogP contribution < -0.4 is 10.1 Å². The molecule has 2 aromatic carbocycles. The van der Waals surface area contributed by atoms with E-state index in [0.717, 1.165) is 5.56 Å². The van der Waals surface area contributed by atoms with E-state index in [4.69, 9.17) is 4.74 Å². The fourth-order valence-electron chi connectivity index (χ4n) is 2.03. The zero-order valence-corrected chi connectivity index (χ0v) is 13.3. The van der Waals surface area contributed by atoms with Crippen molar-refractivity contribution in [2.24, 2.45) is 0 Å². The third-order valence-electron chi connectivity index (χ3n) is 3.28. The second-order valence-electron chi connectivity index (χ2n) is 5.03. The van der Waals surface area contributed by atoms with Gasteiger partial charge in [-0.1, -0.05) is 18.2 Å². The lowest BCUT2D eigenvalue weighted by molar-refractivity contribution is -0.123. The summed E-state index contributed by atoms with van der Waals surface area (Å²) in [5.41, 5.74) is 1.46. The van der Waals surface area contributed by atoms with Crippen LogP contribution in [-0.2, 0) is 16.0 Å². The minimum atomic E-state index is -0.414. The molecule has 0 saturated carbocycles. The van der Waals surface area contributed by atoms with Crippen molar-refractivity contribution in [3.8, 4) is 5.75 Å². The second-order valence-corrected chi connectivity index (χ2v) is 5.03. The molecule has 1 amide bonds. The molecule has 126 valence electrons. The molecule has 0 unspecified atom stereocenters. The van der Waals surface area contributed by atoms with Crippen LogP contribution in [0.1, 0.15) is 15.9 Å². The smallest absolute Gasteiger partial charge is 0.337 e. The summed E-state index contributed by atoms with van der Waals surface area (Å²) in [5, 5.41) is 2.72. The van der Waals surface area contributed by atoms with E-state index < -0.39 is 5.82 Å². The number of amides is 1. The highest BCUT2D eigenvalue weighted by atomic mass is 19.1. The molecule has 5 nitrogen and oxygen atoms in total. The number of halogens is 1. The SMILES string of the molecule is COC(=O)c1ccc(CCNC(=O)COc2cccc(F)c2)cc1. The summed E-state index contributed by atoms with van der Waals surface area (Å²) in [7, 11) is 1.33. The van der Waals surface area contributed by atoms with Crippen LogP contribution in [0.4, 0.5) is 4.39 Å². The van der Waals surface area contributed by atoms with Crippen molar-refractivity contribution in [2.45, 2.75) is 6.42 Å². The Morgan fingerprint density at radius 2 is 1.88 bits per heavy atom. The molecular weight excluding hydrogens is 313 g/mol. The Morgan fingerprint density at radius 3 is 2.54 bits per heavy atom. The summed E-state index contributed by atoms with van der Waals surface area (Å²) < 4.78 is 22.8. The monoisotopic (exact) mass is 331 g/mol.